The number of nitrogens with one attached hydrogen (secondary N) is 2. The quantitative estimate of drug-likeness (QED) is 0.490. The summed E-state index contributed by atoms with van der Waals surface area (Å²) in [6, 6.07) is 14.8. The van der Waals surface area contributed by atoms with Crippen molar-refractivity contribution in [2.75, 3.05) is 25.1 Å². The maximum Gasteiger partial charge on any atom is 0.300 e. The molecule has 0 unspecified atom stereocenters. The van der Waals surface area contributed by atoms with Crippen molar-refractivity contribution in [2.45, 2.75) is 6.92 Å². The minimum Gasteiger partial charge on any atom is -0.489 e. The molecule has 2 aromatic carbocycles. The number of anilines is 1. The van der Waals surface area contributed by atoms with E-state index in [1.54, 1.807) is 24.5 Å². The van der Waals surface area contributed by atoms with Gasteiger partial charge in [-0.05, 0) is 37.3 Å². The first-order valence-electron chi connectivity index (χ1n) is 8.98. The molecule has 0 spiro atoms. The van der Waals surface area contributed by atoms with Crippen molar-refractivity contribution < 1.29 is 14.3 Å². The van der Waals surface area contributed by atoms with Gasteiger partial charge >= 0.3 is 5.91 Å². The fourth-order valence-electron chi connectivity index (χ4n) is 2.48. The fraction of sp³-hybridized carbons (Fsp3) is 0.182. The lowest BCUT2D eigenvalue weighted by atomic mass is 10.1. The van der Waals surface area contributed by atoms with Crippen LogP contribution in [0.25, 0.3) is 11.4 Å². The molecule has 0 bridgehead atoms. The number of hydrogen-bond acceptors (Lipinski definition) is 4. The Morgan fingerprint density at radius 2 is 2.04 bits per heavy atom. The maximum absolute atomic E-state index is 12.3. The van der Waals surface area contributed by atoms with Gasteiger partial charge in [0.15, 0.2) is 0 Å². The van der Waals surface area contributed by atoms with E-state index in [4.69, 9.17) is 9.47 Å². The van der Waals surface area contributed by atoms with Crippen LogP contribution >= 0.6 is 0 Å². The van der Waals surface area contributed by atoms with E-state index in [0.29, 0.717) is 37.1 Å². The molecule has 3 rings (SSSR count). The molecule has 0 saturated carbocycles. The third-order valence-electron chi connectivity index (χ3n) is 3.78. The number of aromatic amines is 1. The van der Waals surface area contributed by atoms with Crippen molar-refractivity contribution >= 4 is 11.6 Å². The Morgan fingerprint density at radius 1 is 1.18 bits per heavy atom. The van der Waals surface area contributed by atoms with Gasteiger partial charge in [-0.1, -0.05) is 24.1 Å². The lowest BCUT2D eigenvalue weighted by Gasteiger charge is -2.12. The Labute approximate surface area is 163 Å². The van der Waals surface area contributed by atoms with E-state index in [0.717, 1.165) is 11.1 Å². The van der Waals surface area contributed by atoms with E-state index >= 15 is 0 Å². The molecule has 0 aliphatic rings. The van der Waals surface area contributed by atoms with Crippen molar-refractivity contribution in [3.8, 4) is 29.0 Å². The first-order chi connectivity index (χ1) is 13.8. The zero-order valence-corrected chi connectivity index (χ0v) is 15.6. The summed E-state index contributed by atoms with van der Waals surface area (Å²) in [5.41, 5.74) is 2.13. The molecular weight excluding hydrogens is 354 g/mol. The van der Waals surface area contributed by atoms with Crippen LogP contribution < -0.4 is 10.1 Å². The second-order valence-electron chi connectivity index (χ2n) is 5.76. The molecule has 142 valence electrons. The largest absolute Gasteiger partial charge is 0.489 e. The number of carbonyl (C=O) groups is 1. The Morgan fingerprint density at radius 3 is 2.79 bits per heavy atom. The second-order valence-corrected chi connectivity index (χ2v) is 5.76. The Balaban J connectivity index is 1.78. The van der Waals surface area contributed by atoms with Gasteiger partial charge in [0.2, 0.25) is 0 Å². The Hall–Kier alpha value is -3.56. The molecule has 0 fully saturated rings. The minimum atomic E-state index is -0.421. The number of aromatic nitrogens is 2. The molecule has 0 atom stereocenters. The van der Waals surface area contributed by atoms with Crippen molar-refractivity contribution in [2.24, 2.45) is 0 Å². The highest BCUT2D eigenvalue weighted by atomic mass is 16.5. The first-order valence-corrected chi connectivity index (χ1v) is 8.98. The van der Waals surface area contributed by atoms with Gasteiger partial charge in [0.1, 0.15) is 18.2 Å². The third kappa shape index (κ3) is 5.47. The monoisotopic (exact) mass is 375 g/mol. The number of rotatable bonds is 7. The Bertz CT molecular complexity index is 958. The molecule has 2 N–H and O–H groups in total. The normalized spacial score (nSPS) is 10.0. The van der Waals surface area contributed by atoms with Crippen LogP contribution in [-0.2, 0) is 9.53 Å². The summed E-state index contributed by atoms with van der Waals surface area (Å²) in [6.07, 6.45) is 3.41. The summed E-state index contributed by atoms with van der Waals surface area (Å²) in [5.74, 6) is 6.27. The highest BCUT2D eigenvalue weighted by Crippen LogP contribution is 2.29. The molecule has 0 saturated heterocycles. The van der Waals surface area contributed by atoms with Crippen LogP contribution in [0.1, 0.15) is 12.5 Å². The summed E-state index contributed by atoms with van der Waals surface area (Å²) < 4.78 is 11.1. The van der Waals surface area contributed by atoms with Gasteiger partial charge in [-0.25, -0.2) is 4.98 Å². The van der Waals surface area contributed by atoms with Crippen LogP contribution in [0.2, 0.25) is 0 Å². The predicted molar refractivity (Wildman–Crippen MR) is 108 cm³/mol. The topological polar surface area (TPSA) is 76.2 Å². The van der Waals surface area contributed by atoms with E-state index in [1.165, 1.54) is 0 Å². The Kier molecular flexibility index (Phi) is 6.83. The molecule has 1 aromatic heterocycles. The molecule has 6 nitrogen and oxygen atoms in total. The molecule has 0 aliphatic heterocycles. The van der Waals surface area contributed by atoms with Crippen molar-refractivity contribution in [3.05, 3.63) is 66.5 Å². The number of ether oxygens (including phenoxy) is 2. The zero-order valence-electron chi connectivity index (χ0n) is 15.6. The molecule has 3 aromatic rings. The molecule has 1 heterocycles. The van der Waals surface area contributed by atoms with Crippen LogP contribution in [0, 0.1) is 11.8 Å². The van der Waals surface area contributed by atoms with Gasteiger partial charge in [0.25, 0.3) is 0 Å². The third-order valence-corrected chi connectivity index (χ3v) is 3.78. The summed E-state index contributed by atoms with van der Waals surface area (Å²) in [7, 11) is 0. The second kappa shape index (κ2) is 9.95. The van der Waals surface area contributed by atoms with E-state index in [9.17, 15) is 4.79 Å². The SMILES string of the molecule is CCOCCOc1ccc(-c2ncc[nH]2)cc1NC(=O)C#Cc1ccccc1. The van der Waals surface area contributed by atoms with Gasteiger partial charge in [-0.15, -0.1) is 0 Å². The van der Waals surface area contributed by atoms with Gasteiger partial charge in [-0.3, -0.25) is 4.79 Å². The van der Waals surface area contributed by atoms with E-state index in [1.807, 2.05) is 43.3 Å². The fourth-order valence-corrected chi connectivity index (χ4v) is 2.48. The standard InChI is InChI=1S/C22H21N3O3/c1-2-27-14-15-28-20-10-9-18(22-23-12-13-24-22)16-19(20)25-21(26)11-8-17-6-4-3-5-7-17/h3-7,9-10,12-13,16H,2,14-15H2,1H3,(H,23,24)(H,25,26). The average molecular weight is 375 g/mol. The maximum atomic E-state index is 12.3. The number of amides is 1. The van der Waals surface area contributed by atoms with Crippen LogP contribution in [0.5, 0.6) is 5.75 Å². The van der Waals surface area contributed by atoms with E-state index < -0.39 is 5.91 Å². The summed E-state index contributed by atoms with van der Waals surface area (Å²) in [6.45, 7) is 3.40. The van der Waals surface area contributed by atoms with Gasteiger partial charge in [0, 0.05) is 36.0 Å². The molecule has 28 heavy (non-hydrogen) atoms. The van der Waals surface area contributed by atoms with Crippen molar-refractivity contribution in [1.29, 1.82) is 0 Å². The first kappa shape index (κ1) is 19.2. The predicted octanol–water partition coefficient (Wildman–Crippen LogP) is 3.48. The lowest BCUT2D eigenvalue weighted by molar-refractivity contribution is -0.111. The minimum absolute atomic E-state index is 0.381. The number of H-pyrrole nitrogens is 1. The molecule has 6 heteroatoms. The lowest BCUT2D eigenvalue weighted by Crippen LogP contribution is -2.12. The van der Waals surface area contributed by atoms with E-state index in [2.05, 4.69) is 27.1 Å². The number of nitrogens with zero attached hydrogens (tertiary/aromatic N) is 1. The van der Waals surface area contributed by atoms with Gasteiger partial charge in [-0.2, -0.15) is 0 Å². The van der Waals surface area contributed by atoms with Crippen LogP contribution in [-0.4, -0.2) is 35.7 Å². The number of imidazole rings is 1. The summed E-state index contributed by atoms with van der Waals surface area (Å²) >= 11 is 0. The highest BCUT2D eigenvalue weighted by molar-refractivity contribution is 6.05. The van der Waals surface area contributed by atoms with Gasteiger partial charge < -0.3 is 19.8 Å². The molecular formula is C22H21N3O3. The summed E-state index contributed by atoms with van der Waals surface area (Å²) in [4.78, 5) is 19.6. The molecule has 0 radical (unpaired) electrons. The van der Waals surface area contributed by atoms with Crippen LogP contribution in [0.15, 0.2) is 60.9 Å². The van der Waals surface area contributed by atoms with Crippen LogP contribution in [0.3, 0.4) is 0 Å². The number of hydrogen-bond donors (Lipinski definition) is 2. The van der Waals surface area contributed by atoms with Crippen LogP contribution in [0.4, 0.5) is 5.69 Å². The van der Waals surface area contributed by atoms with E-state index in [-0.39, 0.29) is 0 Å². The molecule has 0 aliphatic carbocycles. The average Bonchev–Trinajstić information content (AvgIpc) is 3.26. The smallest absolute Gasteiger partial charge is 0.300 e. The van der Waals surface area contributed by atoms with Crippen molar-refractivity contribution in [1.82, 2.24) is 9.97 Å². The number of benzene rings is 2. The number of carbonyl (C=O) groups excluding carboxylic acids is 1. The highest BCUT2D eigenvalue weighted by Gasteiger charge is 2.10. The zero-order chi connectivity index (χ0) is 19.6. The van der Waals surface area contributed by atoms with Crippen molar-refractivity contribution in [3.63, 3.8) is 0 Å². The van der Waals surface area contributed by atoms with Gasteiger partial charge in [0.05, 0.1) is 12.3 Å². The molecule has 1 amide bonds. The summed E-state index contributed by atoms with van der Waals surface area (Å²) in [5, 5.41) is 2.80.